The molecule has 1 unspecified atom stereocenters. The molecule has 0 aliphatic heterocycles. The van der Waals surface area contributed by atoms with Crippen LogP contribution in [-0.2, 0) is 0 Å². The highest BCUT2D eigenvalue weighted by molar-refractivity contribution is 5.78. The fourth-order valence-electron chi connectivity index (χ4n) is 2.44. The highest BCUT2D eigenvalue weighted by Crippen LogP contribution is 2.28. The summed E-state index contributed by atoms with van der Waals surface area (Å²) in [5, 5.41) is 0. The number of nitrogens with zero attached hydrogens (tertiary/aromatic N) is 3. The van der Waals surface area contributed by atoms with Crippen LogP contribution < -0.4 is 5.73 Å². The Hall–Kier alpha value is -2.34. The maximum Gasteiger partial charge on any atom is 0.160 e. The highest BCUT2D eigenvalue weighted by atomic mass is 19.2. The van der Waals surface area contributed by atoms with Gasteiger partial charge in [0.1, 0.15) is 11.3 Å². The van der Waals surface area contributed by atoms with E-state index in [4.69, 9.17) is 5.73 Å². The first-order valence-corrected chi connectivity index (χ1v) is 7.01. The zero-order valence-electron chi connectivity index (χ0n) is 12.3. The average molecular weight is 302 g/mol. The van der Waals surface area contributed by atoms with Crippen molar-refractivity contribution in [3.63, 3.8) is 0 Å². The molecule has 6 heteroatoms. The van der Waals surface area contributed by atoms with Crippen LogP contribution in [0.15, 0.2) is 30.5 Å². The minimum atomic E-state index is -0.902. The Bertz CT molecular complexity index is 842. The molecule has 0 amide bonds. The lowest BCUT2D eigenvalue weighted by atomic mass is 10.2. The highest BCUT2D eigenvalue weighted by Gasteiger charge is 2.18. The lowest BCUT2D eigenvalue weighted by Gasteiger charge is -2.15. The molecular weight excluding hydrogens is 286 g/mol. The van der Waals surface area contributed by atoms with Crippen molar-refractivity contribution in [1.82, 2.24) is 14.5 Å². The number of aryl methyl sites for hydroxylation is 1. The van der Waals surface area contributed by atoms with E-state index in [2.05, 4.69) is 9.97 Å². The molecule has 0 aliphatic rings. The number of rotatable bonds is 3. The van der Waals surface area contributed by atoms with Crippen LogP contribution in [0.1, 0.15) is 18.5 Å². The van der Waals surface area contributed by atoms with E-state index >= 15 is 0 Å². The minimum Gasteiger partial charge on any atom is -0.328 e. The van der Waals surface area contributed by atoms with Crippen molar-refractivity contribution < 1.29 is 8.78 Å². The number of hydrogen-bond acceptors (Lipinski definition) is 3. The predicted octanol–water partition coefficient (Wildman–Crippen LogP) is 3.20. The van der Waals surface area contributed by atoms with Crippen molar-refractivity contribution in [1.29, 1.82) is 0 Å². The fourth-order valence-corrected chi connectivity index (χ4v) is 2.44. The molecule has 2 aromatic heterocycles. The number of imidazole rings is 1. The molecule has 0 radical (unpaired) electrons. The van der Waals surface area contributed by atoms with Crippen LogP contribution in [0.3, 0.4) is 0 Å². The molecule has 22 heavy (non-hydrogen) atoms. The van der Waals surface area contributed by atoms with E-state index in [0.717, 1.165) is 17.7 Å². The van der Waals surface area contributed by atoms with Crippen LogP contribution >= 0.6 is 0 Å². The molecule has 2 heterocycles. The van der Waals surface area contributed by atoms with Crippen molar-refractivity contribution in [3.8, 4) is 11.4 Å². The second-order valence-corrected chi connectivity index (χ2v) is 5.37. The predicted molar refractivity (Wildman–Crippen MR) is 81.4 cm³/mol. The van der Waals surface area contributed by atoms with Crippen molar-refractivity contribution in [2.24, 2.45) is 5.73 Å². The first-order valence-electron chi connectivity index (χ1n) is 7.01. The van der Waals surface area contributed by atoms with E-state index in [1.165, 1.54) is 6.07 Å². The Kier molecular flexibility index (Phi) is 3.62. The third-order valence-electron chi connectivity index (χ3n) is 3.63. The summed E-state index contributed by atoms with van der Waals surface area (Å²) in [5.74, 6) is -1.25. The third kappa shape index (κ3) is 2.35. The lowest BCUT2D eigenvalue weighted by molar-refractivity contribution is 0.508. The van der Waals surface area contributed by atoms with Crippen LogP contribution in [0, 0.1) is 18.6 Å². The second kappa shape index (κ2) is 5.46. The standard InChI is InChI=1S/C16H16F2N4/c1-9-5-14-16(20-8-9)22(10(2)7-19)15(21-14)11-3-4-12(17)13(18)6-11/h3-6,8,10H,7,19H2,1-2H3. The summed E-state index contributed by atoms with van der Waals surface area (Å²) >= 11 is 0. The Morgan fingerprint density at radius 1 is 1.23 bits per heavy atom. The molecule has 0 spiro atoms. The van der Waals surface area contributed by atoms with E-state index in [-0.39, 0.29) is 6.04 Å². The van der Waals surface area contributed by atoms with Gasteiger partial charge in [-0.2, -0.15) is 0 Å². The zero-order valence-corrected chi connectivity index (χ0v) is 12.3. The monoisotopic (exact) mass is 302 g/mol. The van der Waals surface area contributed by atoms with Gasteiger partial charge in [0, 0.05) is 24.3 Å². The zero-order chi connectivity index (χ0) is 15.9. The van der Waals surface area contributed by atoms with Gasteiger partial charge in [-0.05, 0) is 43.7 Å². The molecule has 1 atom stereocenters. The van der Waals surface area contributed by atoms with Crippen LogP contribution in [0.2, 0.25) is 0 Å². The van der Waals surface area contributed by atoms with Gasteiger partial charge in [0.2, 0.25) is 0 Å². The largest absolute Gasteiger partial charge is 0.328 e. The van der Waals surface area contributed by atoms with E-state index in [1.807, 2.05) is 24.5 Å². The molecule has 3 rings (SSSR count). The summed E-state index contributed by atoms with van der Waals surface area (Å²) < 4.78 is 28.6. The van der Waals surface area contributed by atoms with Crippen LogP contribution in [0.25, 0.3) is 22.6 Å². The molecule has 1 aromatic carbocycles. The van der Waals surface area contributed by atoms with Crippen LogP contribution in [-0.4, -0.2) is 21.1 Å². The Morgan fingerprint density at radius 3 is 2.68 bits per heavy atom. The Morgan fingerprint density at radius 2 is 2.00 bits per heavy atom. The topological polar surface area (TPSA) is 56.7 Å². The number of aromatic nitrogens is 3. The summed E-state index contributed by atoms with van der Waals surface area (Å²) in [6, 6.07) is 5.59. The average Bonchev–Trinajstić information content (AvgIpc) is 2.87. The number of nitrogens with two attached hydrogens (primary N) is 1. The van der Waals surface area contributed by atoms with E-state index < -0.39 is 11.6 Å². The maximum absolute atomic E-state index is 13.5. The van der Waals surface area contributed by atoms with Gasteiger partial charge in [-0.3, -0.25) is 0 Å². The fraction of sp³-hybridized carbons (Fsp3) is 0.250. The van der Waals surface area contributed by atoms with E-state index in [1.54, 1.807) is 6.20 Å². The van der Waals surface area contributed by atoms with Crippen LogP contribution in [0.5, 0.6) is 0 Å². The molecule has 114 valence electrons. The third-order valence-corrected chi connectivity index (χ3v) is 3.63. The first kappa shape index (κ1) is 14.6. The van der Waals surface area contributed by atoms with Gasteiger partial charge in [0.25, 0.3) is 0 Å². The quantitative estimate of drug-likeness (QED) is 0.808. The summed E-state index contributed by atoms with van der Waals surface area (Å²) in [4.78, 5) is 8.95. The lowest BCUT2D eigenvalue weighted by Crippen LogP contribution is -2.17. The van der Waals surface area contributed by atoms with Gasteiger partial charge < -0.3 is 10.3 Å². The number of fused-ring (bicyclic) bond motifs is 1. The summed E-state index contributed by atoms with van der Waals surface area (Å²) in [6.45, 7) is 4.25. The summed E-state index contributed by atoms with van der Waals surface area (Å²) in [6.07, 6.45) is 1.75. The van der Waals surface area contributed by atoms with Crippen molar-refractivity contribution in [3.05, 3.63) is 47.7 Å². The number of hydrogen-bond donors (Lipinski definition) is 1. The molecule has 0 bridgehead atoms. The van der Waals surface area contributed by atoms with Crippen molar-refractivity contribution >= 4 is 11.2 Å². The Labute approximate surface area is 126 Å². The smallest absolute Gasteiger partial charge is 0.160 e. The van der Waals surface area contributed by atoms with Crippen molar-refractivity contribution in [2.45, 2.75) is 19.9 Å². The maximum atomic E-state index is 13.5. The van der Waals surface area contributed by atoms with Crippen molar-refractivity contribution in [2.75, 3.05) is 6.54 Å². The Balaban J connectivity index is 2.29. The SMILES string of the molecule is Cc1cnc2c(c1)nc(-c1ccc(F)c(F)c1)n2C(C)CN. The molecule has 2 N–H and O–H groups in total. The molecular formula is C16H16F2N4. The number of pyridine rings is 1. The molecule has 0 aliphatic carbocycles. The van der Waals surface area contributed by atoms with E-state index in [0.29, 0.717) is 29.1 Å². The van der Waals surface area contributed by atoms with Gasteiger partial charge in [-0.15, -0.1) is 0 Å². The summed E-state index contributed by atoms with van der Waals surface area (Å²) in [5.41, 5.74) is 8.64. The summed E-state index contributed by atoms with van der Waals surface area (Å²) in [7, 11) is 0. The molecule has 3 aromatic rings. The molecule has 0 fully saturated rings. The molecule has 4 nitrogen and oxygen atoms in total. The molecule has 0 saturated heterocycles. The van der Waals surface area contributed by atoms with Gasteiger partial charge in [0.15, 0.2) is 17.3 Å². The van der Waals surface area contributed by atoms with Gasteiger partial charge in [-0.1, -0.05) is 0 Å². The first-order chi connectivity index (χ1) is 10.5. The van der Waals surface area contributed by atoms with Gasteiger partial charge in [-0.25, -0.2) is 18.7 Å². The normalized spacial score (nSPS) is 12.8. The van der Waals surface area contributed by atoms with Gasteiger partial charge in [0.05, 0.1) is 0 Å². The minimum absolute atomic E-state index is 0.0664. The second-order valence-electron chi connectivity index (χ2n) is 5.37. The number of halogens is 2. The molecule has 0 saturated carbocycles. The van der Waals surface area contributed by atoms with Crippen LogP contribution in [0.4, 0.5) is 8.78 Å². The van der Waals surface area contributed by atoms with Gasteiger partial charge >= 0.3 is 0 Å². The number of benzene rings is 1. The van der Waals surface area contributed by atoms with E-state index in [9.17, 15) is 8.78 Å².